The second kappa shape index (κ2) is 6.57. The van der Waals surface area contributed by atoms with E-state index in [1.54, 1.807) is 24.0 Å². The zero-order chi connectivity index (χ0) is 17.1. The lowest BCUT2D eigenvalue weighted by atomic mass is 10.0. The zero-order valence-electron chi connectivity index (χ0n) is 13.5. The molecule has 0 aliphatic rings. The zero-order valence-corrected chi connectivity index (χ0v) is 13.5. The highest BCUT2D eigenvalue weighted by Gasteiger charge is 2.22. The average Bonchev–Trinajstić information content (AvgIpc) is 3.13. The van der Waals surface area contributed by atoms with E-state index < -0.39 is 6.04 Å². The number of para-hydroxylation sites is 1. The van der Waals surface area contributed by atoms with Crippen LogP contribution in [0.1, 0.15) is 12.5 Å². The molecule has 2 amide bonds. The van der Waals surface area contributed by atoms with E-state index >= 15 is 0 Å². The molecular formula is C17H19N5O2. The van der Waals surface area contributed by atoms with E-state index in [0.29, 0.717) is 12.2 Å². The van der Waals surface area contributed by atoms with Gasteiger partial charge in [0, 0.05) is 49.8 Å². The highest BCUT2D eigenvalue weighted by Crippen LogP contribution is 2.19. The molecule has 0 saturated carbocycles. The number of H-pyrrole nitrogens is 1. The van der Waals surface area contributed by atoms with E-state index in [4.69, 9.17) is 0 Å². The summed E-state index contributed by atoms with van der Waals surface area (Å²) in [6.45, 7) is 1.40. The van der Waals surface area contributed by atoms with Crippen LogP contribution in [0.2, 0.25) is 0 Å². The van der Waals surface area contributed by atoms with Crippen molar-refractivity contribution in [2.45, 2.75) is 19.4 Å². The molecule has 0 fully saturated rings. The molecule has 24 heavy (non-hydrogen) atoms. The van der Waals surface area contributed by atoms with Gasteiger partial charge in [-0.15, -0.1) is 0 Å². The SMILES string of the molecule is CC(=O)N[C@H](Cc1c[nH]c2ccccc12)C(=O)Nc1ccn(C)n1. The minimum absolute atomic E-state index is 0.254. The third kappa shape index (κ3) is 3.45. The number of fused-ring (bicyclic) bond motifs is 1. The molecule has 124 valence electrons. The van der Waals surface area contributed by atoms with E-state index in [0.717, 1.165) is 16.5 Å². The Balaban J connectivity index is 1.80. The maximum absolute atomic E-state index is 12.5. The van der Waals surface area contributed by atoms with Gasteiger partial charge in [0.25, 0.3) is 0 Å². The van der Waals surface area contributed by atoms with Crippen molar-refractivity contribution in [3.63, 3.8) is 0 Å². The number of rotatable bonds is 5. The standard InChI is InChI=1S/C17H19N5O2/c1-11(23)19-15(17(24)20-16-7-8-22(2)21-16)9-12-10-18-14-6-4-3-5-13(12)14/h3-8,10,15,18H,9H2,1-2H3,(H,19,23)(H,20,21,24)/t15-/m1/s1. The van der Waals surface area contributed by atoms with Gasteiger partial charge in [-0.1, -0.05) is 18.2 Å². The summed E-state index contributed by atoms with van der Waals surface area (Å²) >= 11 is 0. The van der Waals surface area contributed by atoms with Crippen LogP contribution in [0.3, 0.4) is 0 Å². The Bertz CT molecular complexity index is 880. The summed E-state index contributed by atoms with van der Waals surface area (Å²) in [5.74, 6) is -0.0954. The van der Waals surface area contributed by atoms with Crippen molar-refractivity contribution in [3.05, 3.63) is 48.3 Å². The van der Waals surface area contributed by atoms with E-state index in [1.165, 1.54) is 6.92 Å². The van der Waals surface area contributed by atoms with Crippen molar-refractivity contribution >= 4 is 28.5 Å². The molecule has 3 aromatic rings. The Labute approximate surface area is 139 Å². The monoisotopic (exact) mass is 325 g/mol. The van der Waals surface area contributed by atoms with Crippen LogP contribution < -0.4 is 10.6 Å². The molecule has 7 nitrogen and oxygen atoms in total. The van der Waals surface area contributed by atoms with Crippen LogP contribution in [0, 0.1) is 0 Å². The lowest BCUT2D eigenvalue weighted by Crippen LogP contribution is -2.44. The molecule has 0 aliphatic carbocycles. The number of amides is 2. The molecule has 0 spiro atoms. The maximum Gasteiger partial charge on any atom is 0.248 e. The number of nitrogens with zero attached hydrogens (tertiary/aromatic N) is 2. The molecule has 7 heteroatoms. The molecule has 0 saturated heterocycles. The fourth-order valence-corrected chi connectivity index (χ4v) is 2.67. The summed E-state index contributed by atoms with van der Waals surface area (Å²) in [6.07, 6.45) is 4.00. The van der Waals surface area contributed by atoms with Gasteiger partial charge in [0.15, 0.2) is 5.82 Å². The number of hydrogen-bond donors (Lipinski definition) is 3. The predicted molar refractivity (Wildman–Crippen MR) is 91.4 cm³/mol. The van der Waals surface area contributed by atoms with Crippen molar-refractivity contribution < 1.29 is 9.59 Å². The molecule has 0 bridgehead atoms. The first-order chi connectivity index (χ1) is 11.5. The summed E-state index contributed by atoms with van der Waals surface area (Å²) in [7, 11) is 1.77. The molecular weight excluding hydrogens is 306 g/mol. The topological polar surface area (TPSA) is 91.8 Å². The van der Waals surface area contributed by atoms with E-state index in [2.05, 4.69) is 20.7 Å². The van der Waals surface area contributed by atoms with Gasteiger partial charge < -0.3 is 15.6 Å². The number of nitrogens with one attached hydrogen (secondary N) is 3. The number of carbonyl (C=O) groups is 2. The normalized spacial score (nSPS) is 12.1. The highest BCUT2D eigenvalue weighted by atomic mass is 16.2. The Kier molecular flexibility index (Phi) is 4.33. The minimum atomic E-state index is -0.677. The second-order valence-corrected chi connectivity index (χ2v) is 5.68. The first kappa shape index (κ1) is 15.8. The number of carbonyl (C=O) groups excluding carboxylic acids is 2. The average molecular weight is 325 g/mol. The van der Waals surface area contributed by atoms with Gasteiger partial charge in [0.2, 0.25) is 11.8 Å². The van der Waals surface area contributed by atoms with E-state index in [-0.39, 0.29) is 11.8 Å². The van der Waals surface area contributed by atoms with Gasteiger partial charge >= 0.3 is 0 Å². The second-order valence-electron chi connectivity index (χ2n) is 5.68. The van der Waals surface area contributed by atoms with Crippen molar-refractivity contribution in [1.82, 2.24) is 20.1 Å². The van der Waals surface area contributed by atoms with Crippen molar-refractivity contribution in [2.75, 3.05) is 5.32 Å². The number of anilines is 1. The van der Waals surface area contributed by atoms with Crippen LogP contribution in [-0.4, -0.2) is 32.6 Å². The van der Waals surface area contributed by atoms with Crippen LogP contribution in [0.4, 0.5) is 5.82 Å². The van der Waals surface area contributed by atoms with Crippen molar-refractivity contribution in [1.29, 1.82) is 0 Å². The number of aryl methyl sites for hydroxylation is 1. The van der Waals surface area contributed by atoms with Gasteiger partial charge in [0.05, 0.1) is 0 Å². The molecule has 0 aliphatic heterocycles. The number of hydrogen-bond acceptors (Lipinski definition) is 3. The molecule has 3 rings (SSSR count). The van der Waals surface area contributed by atoms with Gasteiger partial charge in [-0.25, -0.2) is 0 Å². The number of benzene rings is 1. The largest absolute Gasteiger partial charge is 0.361 e. The molecule has 1 aromatic carbocycles. The summed E-state index contributed by atoms with van der Waals surface area (Å²) < 4.78 is 1.60. The Morgan fingerprint density at radius 2 is 2.08 bits per heavy atom. The molecule has 1 atom stereocenters. The highest BCUT2D eigenvalue weighted by molar-refractivity contribution is 5.97. The fourth-order valence-electron chi connectivity index (χ4n) is 2.67. The third-order valence-electron chi connectivity index (χ3n) is 3.76. The quantitative estimate of drug-likeness (QED) is 0.665. The van der Waals surface area contributed by atoms with Crippen LogP contribution in [-0.2, 0) is 23.1 Å². The summed E-state index contributed by atoms with van der Waals surface area (Å²) in [5, 5.41) is 10.6. The van der Waals surface area contributed by atoms with Gasteiger partial charge in [-0.2, -0.15) is 5.10 Å². The van der Waals surface area contributed by atoms with Crippen molar-refractivity contribution in [3.8, 4) is 0 Å². The van der Waals surface area contributed by atoms with Crippen LogP contribution in [0.15, 0.2) is 42.7 Å². The number of aromatic nitrogens is 3. The van der Waals surface area contributed by atoms with Gasteiger partial charge in [0.1, 0.15) is 6.04 Å². The Morgan fingerprint density at radius 3 is 2.79 bits per heavy atom. The summed E-state index contributed by atoms with van der Waals surface area (Å²) in [6, 6.07) is 8.88. The third-order valence-corrected chi connectivity index (χ3v) is 3.76. The lowest BCUT2D eigenvalue weighted by molar-refractivity contribution is -0.125. The van der Waals surface area contributed by atoms with Crippen LogP contribution in [0.25, 0.3) is 10.9 Å². The molecule has 0 unspecified atom stereocenters. The molecule has 2 aromatic heterocycles. The lowest BCUT2D eigenvalue weighted by Gasteiger charge is -2.16. The first-order valence-corrected chi connectivity index (χ1v) is 7.65. The Morgan fingerprint density at radius 1 is 1.29 bits per heavy atom. The maximum atomic E-state index is 12.5. The van der Waals surface area contributed by atoms with Crippen LogP contribution in [0.5, 0.6) is 0 Å². The van der Waals surface area contributed by atoms with E-state index in [9.17, 15) is 9.59 Å². The first-order valence-electron chi connectivity index (χ1n) is 7.65. The minimum Gasteiger partial charge on any atom is -0.361 e. The van der Waals surface area contributed by atoms with Gasteiger partial charge in [-0.3, -0.25) is 14.3 Å². The molecule has 2 heterocycles. The van der Waals surface area contributed by atoms with Gasteiger partial charge in [-0.05, 0) is 11.6 Å². The molecule has 3 N–H and O–H groups in total. The number of aromatic amines is 1. The summed E-state index contributed by atoms with van der Waals surface area (Å²) in [5.41, 5.74) is 1.97. The van der Waals surface area contributed by atoms with E-state index in [1.807, 2.05) is 30.5 Å². The van der Waals surface area contributed by atoms with Crippen LogP contribution >= 0.6 is 0 Å². The molecule has 0 radical (unpaired) electrons. The summed E-state index contributed by atoms with van der Waals surface area (Å²) in [4.78, 5) is 27.2. The predicted octanol–water partition coefficient (Wildman–Crippen LogP) is 1.59. The smallest absolute Gasteiger partial charge is 0.248 e. The Hall–Kier alpha value is -3.09. The fraction of sp³-hybridized carbons (Fsp3) is 0.235. The van der Waals surface area contributed by atoms with Crippen molar-refractivity contribution in [2.24, 2.45) is 7.05 Å².